The molecule has 0 saturated carbocycles. The molecule has 0 spiro atoms. The molecule has 0 aliphatic carbocycles. The number of rotatable bonds is 11. The van der Waals surface area contributed by atoms with E-state index in [1.807, 2.05) is 6.07 Å². The highest BCUT2D eigenvalue weighted by Crippen LogP contribution is 2.13. The van der Waals surface area contributed by atoms with Gasteiger partial charge < -0.3 is 15.0 Å². The van der Waals surface area contributed by atoms with Crippen molar-refractivity contribution < 1.29 is 4.74 Å². The van der Waals surface area contributed by atoms with Gasteiger partial charge in [0.15, 0.2) is 0 Å². The van der Waals surface area contributed by atoms with E-state index < -0.39 is 0 Å². The molecule has 0 aromatic heterocycles. The zero-order valence-electron chi connectivity index (χ0n) is 13.3. The fraction of sp³-hybridized carbons (Fsp3) is 0.647. The minimum atomic E-state index is 0.756. The second-order valence-electron chi connectivity index (χ2n) is 5.33. The third kappa shape index (κ3) is 7.51. The maximum Gasteiger partial charge on any atom is 0.119 e. The van der Waals surface area contributed by atoms with Crippen LogP contribution in [0.3, 0.4) is 0 Å². The van der Waals surface area contributed by atoms with Crippen LogP contribution in [-0.2, 0) is 6.54 Å². The van der Waals surface area contributed by atoms with Crippen LogP contribution in [0.4, 0.5) is 0 Å². The molecule has 0 aliphatic heterocycles. The van der Waals surface area contributed by atoms with Crippen LogP contribution in [0.2, 0.25) is 0 Å². The van der Waals surface area contributed by atoms with E-state index in [0.717, 1.165) is 38.5 Å². The summed E-state index contributed by atoms with van der Waals surface area (Å²) in [4.78, 5) is 2.33. The van der Waals surface area contributed by atoms with Gasteiger partial charge in [0.2, 0.25) is 0 Å². The highest BCUT2D eigenvalue weighted by Gasteiger charge is 2.00. The Balaban J connectivity index is 2.27. The van der Waals surface area contributed by atoms with E-state index in [9.17, 15) is 0 Å². The molecule has 1 aromatic carbocycles. The molecule has 1 N–H and O–H groups in total. The number of nitrogens with one attached hydrogen (secondary N) is 1. The lowest BCUT2D eigenvalue weighted by Crippen LogP contribution is -2.25. The number of benzene rings is 1. The molecule has 0 amide bonds. The van der Waals surface area contributed by atoms with Crippen LogP contribution in [0.25, 0.3) is 0 Å². The molecule has 0 fully saturated rings. The molecule has 114 valence electrons. The monoisotopic (exact) mass is 278 g/mol. The minimum absolute atomic E-state index is 0.756. The standard InChI is InChI=1S/C17H30N2O/c1-4-6-11-19(3)12-13-20-17-9-7-8-16(14-17)15-18-10-5-2/h7-9,14,18H,4-6,10-13,15H2,1-3H3. The number of likely N-dealkylation sites (N-methyl/N-ethyl adjacent to an activating group) is 1. The topological polar surface area (TPSA) is 24.5 Å². The molecule has 0 heterocycles. The van der Waals surface area contributed by atoms with Gasteiger partial charge in [-0.1, -0.05) is 32.4 Å². The highest BCUT2D eigenvalue weighted by molar-refractivity contribution is 5.28. The van der Waals surface area contributed by atoms with Crippen molar-refractivity contribution in [2.75, 3.05) is 33.3 Å². The van der Waals surface area contributed by atoms with Crippen LogP contribution in [0, 0.1) is 0 Å². The van der Waals surface area contributed by atoms with E-state index in [1.54, 1.807) is 0 Å². The first-order chi connectivity index (χ1) is 9.76. The fourth-order valence-electron chi connectivity index (χ4n) is 2.01. The van der Waals surface area contributed by atoms with Gasteiger partial charge in [0.25, 0.3) is 0 Å². The number of unbranched alkanes of at least 4 members (excludes halogenated alkanes) is 1. The summed E-state index contributed by atoms with van der Waals surface area (Å²) in [7, 11) is 2.16. The van der Waals surface area contributed by atoms with Crippen molar-refractivity contribution in [1.29, 1.82) is 0 Å². The Morgan fingerprint density at radius 3 is 2.75 bits per heavy atom. The number of hydrogen-bond acceptors (Lipinski definition) is 3. The molecule has 1 rings (SSSR count). The van der Waals surface area contributed by atoms with Crippen molar-refractivity contribution >= 4 is 0 Å². The molecule has 0 unspecified atom stereocenters. The summed E-state index contributed by atoms with van der Waals surface area (Å²) in [5.41, 5.74) is 1.29. The lowest BCUT2D eigenvalue weighted by Gasteiger charge is -2.16. The van der Waals surface area contributed by atoms with Crippen molar-refractivity contribution in [3.05, 3.63) is 29.8 Å². The SMILES string of the molecule is CCCCN(C)CCOc1cccc(CNCCC)c1. The molecule has 0 aliphatic rings. The van der Waals surface area contributed by atoms with E-state index in [1.165, 1.54) is 24.8 Å². The van der Waals surface area contributed by atoms with Crippen molar-refractivity contribution in [1.82, 2.24) is 10.2 Å². The van der Waals surface area contributed by atoms with Gasteiger partial charge in [-0.15, -0.1) is 0 Å². The molecule has 3 nitrogen and oxygen atoms in total. The molecule has 0 bridgehead atoms. The van der Waals surface area contributed by atoms with Crippen LogP contribution < -0.4 is 10.1 Å². The first-order valence-electron chi connectivity index (χ1n) is 7.87. The Morgan fingerprint density at radius 1 is 1.15 bits per heavy atom. The van der Waals surface area contributed by atoms with Crippen LogP contribution >= 0.6 is 0 Å². The first-order valence-corrected chi connectivity index (χ1v) is 7.87. The second kappa shape index (κ2) is 10.7. The zero-order chi connectivity index (χ0) is 14.6. The van der Waals surface area contributed by atoms with Crippen LogP contribution in [-0.4, -0.2) is 38.2 Å². The Labute approximate surface area is 124 Å². The Morgan fingerprint density at radius 2 is 2.00 bits per heavy atom. The quantitative estimate of drug-likeness (QED) is 0.629. The molecular formula is C17H30N2O. The van der Waals surface area contributed by atoms with Crippen molar-refractivity contribution in [2.45, 2.75) is 39.7 Å². The third-order valence-electron chi connectivity index (χ3n) is 3.29. The van der Waals surface area contributed by atoms with Gasteiger partial charge in [-0.25, -0.2) is 0 Å². The van der Waals surface area contributed by atoms with Crippen LogP contribution in [0.1, 0.15) is 38.7 Å². The molecular weight excluding hydrogens is 248 g/mol. The number of ether oxygens (including phenoxy) is 1. The van der Waals surface area contributed by atoms with Gasteiger partial charge in [0.05, 0.1) is 0 Å². The lowest BCUT2D eigenvalue weighted by atomic mass is 10.2. The summed E-state index contributed by atoms with van der Waals surface area (Å²) >= 11 is 0. The Bertz CT molecular complexity index is 355. The van der Waals surface area contributed by atoms with Crippen LogP contribution in [0.15, 0.2) is 24.3 Å². The van der Waals surface area contributed by atoms with E-state index in [4.69, 9.17) is 4.74 Å². The summed E-state index contributed by atoms with van der Waals surface area (Å²) in [6.45, 7) is 9.28. The van der Waals surface area contributed by atoms with E-state index in [2.05, 4.69) is 49.3 Å². The molecule has 20 heavy (non-hydrogen) atoms. The maximum absolute atomic E-state index is 5.83. The largest absolute Gasteiger partial charge is 0.492 e. The smallest absolute Gasteiger partial charge is 0.119 e. The van der Waals surface area contributed by atoms with Crippen molar-refractivity contribution in [2.24, 2.45) is 0 Å². The predicted octanol–water partition coefficient (Wildman–Crippen LogP) is 3.30. The highest BCUT2D eigenvalue weighted by atomic mass is 16.5. The van der Waals surface area contributed by atoms with Gasteiger partial charge in [0.1, 0.15) is 12.4 Å². The van der Waals surface area contributed by atoms with Crippen LogP contribution in [0.5, 0.6) is 5.75 Å². The maximum atomic E-state index is 5.83. The molecule has 1 aromatic rings. The van der Waals surface area contributed by atoms with Gasteiger partial charge in [0, 0.05) is 13.1 Å². The molecule has 0 radical (unpaired) electrons. The summed E-state index contributed by atoms with van der Waals surface area (Å²) in [5, 5.41) is 3.41. The summed E-state index contributed by atoms with van der Waals surface area (Å²) in [6, 6.07) is 8.38. The Kier molecular flexibility index (Phi) is 9.09. The fourth-order valence-corrected chi connectivity index (χ4v) is 2.01. The van der Waals surface area contributed by atoms with Gasteiger partial charge in [-0.3, -0.25) is 0 Å². The predicted molar refractivity (Wildman–Crippen MR) is 86.3 cm³/mol. The van der Waals surface area contributed by atoms with Gasteiger partial charge >= 0.3 is 0 Å². The minimum Gasteiger partial charge on any atom is -0.492 e. The van der Waals surface area contributed by atoms with Crippen molar-refractivity contribution in [3.63, 3.8) is 0 Å². The van der Waals surface area contributed by atoms with E-state index in [0.29, 0.717) is 0 Å². The van der Waals surface area contributed by atoms with Gasteiger partial charge in [-0.05, 0) is 50.7 Å². The third-order valence-corrected chi connectivity index (χ3v) is 3.29. The van der Waals surface area contributed by atoms with Crippen molar-refractivity contribution in [3.8, 4) is 5.75 Å². The molecule has 0 atom stereocenters. The molecule has 3 heteroatoms. The Hall–Kier alpha value is -1.06. The number of hydrogen-bond donors (Lipinski definition) is 1. The zero-order valence-corrected chi connectivity index (χ0v) is 13.3. The summed E-state index contributed by atoms with van der Waals surface area (Å²) < 4.78 is 5.83. The summed E-state index contributed by atoms with van der Waals surface area (Å²) in [6.07, 6.45) is 3.67. The lowest BCUT2D eigenvalue weighted by molar-refractivity contribution is 0.235. The average Bonchev–Trinajstić information content (AvgIpc) is 2.46. The van der Waals surface area contributed by atoms with E-state index >= 15 is 0 Å². The van der Waals surface area contributed by atoms with Gasteiger partial charge in [-0.2, -0.15) is 0 Å². The van der Waals surface area contributed by atoms with E-state index in [-0.39, 0.29) is 0 Å². The first kappa shape index (κ1) is 17.0. The number of nitrogens with zero attached hydrogens (tertiary/aromatic N) is 1. The molecule has 0 saturated heterocycles. The normalized spacial score (nSPS) is 11.0. The summed E-state index contributed by atoms with van der Waals surface area (Å²) in [5.74, 6) is 0.977. The second-order valence-corrected chi connectivity index (χ2v) is 5.33. The average molecular weight is 278 g/mol.